The first kappa shape index (κ1) is 26.2. The van der Waals surface area contributed by atoms with Crippen molar-refractivity contribution in [3.8, 4) is 5.75 Å². The molecule has 3 aromatic rings. The lowest BCUT2D eigenvalue weighted by atomic mass is 10.1. The van der Waals surface area contributed by atoms with E-state index in [-0.39, 0.29) is 41.0 Å². The minimum atomic E-state index is -4.61. The minimum Gasteiger partial charge on any atom is -0.497 e. The Morgan fingerprint density at radius 1 is 1.18 bits per heavy atom. The van der Waals surface area contributed by atoms with Crippen LogP contribution in [0.3, 0.4) is 0 Å². The third-order valence-electron chi connectivity index (χ3n) is 5.57. The summed E-state index contributed by atoms with van der Waals surface area (Å²) in [6.45, 7) is -0.437. The number of primary amides is 1. The number of methoxy groups -OCH3 is 1. The van der Waals surface area contributed by atoms with Crippen LogP contribution in [0.4, 0.5) is 41.1 Å². The van der Waals surface area contributed by atoms with Crippen LogP contribution in [-0.2, 0) is 17.5 Å². The van der Waals surface area contributed by atoms with Gasteiger partial charge in [0.05, 0.1) is 24.9 Å². The molecule has 0 aliphatic carbocycles. The van der Waals surface area contributed by atoms with Crippen LogP contribution in [-0.4, -0.2) is 48.5 Å². The van der Waals surface area contributed by atoms with Crippen LogP contribution in [0.2, 0.25) is 0 Å². The van der Waals surface area contributed by atoms with Crippen molar-refractivity contribution in [1.82, 2.24) is 9.97 Å². The van der Waals surface area contributed by atoms with Crippen LogP contribution in [0.5, 0.6) is 5.75 Å². The predicted octanol–water partition coefficient (Wildman–Crippen LogP) is 3.23. The maximum Gasteiger partial charge on any atom is 0.416 e. The topological polar surface area (TPSA) is 143 Å². The average Bonchev–Trinajstić information content (AvgIpc) is 2.89. The van der Waals surface area contributed by atoms with Crippen LogP contribution >= 0.6 is 0 Å². The Balaban J connectivity index is 1.69. The number of nitrogens with one attached hydrogen (secondary N) is 2. The van der Waals surface area contributed by atoms with Crippen molar-refractivity contribution in [1.29, 1.82) is 0 Å². The second-order valence-electron chi connectivity index (χ2n) is 8.17. The molecule has 0 saturated heterocycles. The van der Waals surface area contributed by atoms with Crippen LogP contribution < -0.4 is 30.9 Å². The molecular formula is C24H22F3N7O4. The quantitative estimate of drug-likeness (QED) is 0.427. The van der Waals surface area contributed by atoms with Gasteiger partial charge in [0.15, 0.2) is 0 Å². The highest BCUT2D eigenvalue weighted by Gasteiger charge is 2.35. The fourth-order valence-corrected chi connectivity index (χ4v) is 3.81. The lowest BCUT2D eigenvalue weighted by molar-refractivity contribution is -0.137. The van der Waals surface area contributed by atoms with Crippen molar-refractivity contribution in [2.75, 3.05) is 41.1 Å². The SMILES string of the molecule is CNc1ncc2c(n1)N(CC(N)=O)C(=O)N(c1cc(NC(=O)c3cccc(C(F)(F)F)c3)cc(OC)c1)C2. The fourth-order valence-electron chi connectivity index (χ4n) is 3.81. The lowest BCUT2D eigenvalue weighted by Crippen LogP contribution is -2.50. The molecule has 4 N–H and O–H groups in total. The van der Waals surface area contributed by atoms with Gasteiger partial charge in [0.2, 0.25) is 11.9 Å². The minimum absolute atomic E-state index is 0.0155. The maximum absolute atomic E-state index is 13.4. The third kappa shape index (κ3) is 5.43. The molecule has 0 radical (unpaired) electrons. The van der Waals surface area contributed by atoms with Gasteiger partial charge in [0, 0.05) is 42.2 Å². The van der Waals surface area contributed by atoms with E-state index in [9.17, 15) is 27.6 Å². The average molecular weight is 529 g/mol. The number of hydrogen-bond donors (Lipinski definition) is 3. The number of alkyl halides is 3. The Morgan fingerprint density at radius 3 is 2.61 bits per heavy atom. The molecule has 0 fully saturated rings. The van der Waals surface area contributed by atoms with Crippen molar-refractivity contribution < 1.29 is 32.3 Å². The first-order valence-electron chi connectivity index (χ1n) is 11.1. The summed E-state index contributed by atoms with van der Waals surface area (Å²) in [5, 5.41) is 5.30. The molecule has 1 aliphatic rings. The van der Waals surface area contributed by atoms with E-state index in [1.165, 1.54) is 42.5 Å². The van der Waals surface area contributed by atoms with Gasteiger partial charge in [-0.05, 0) is 24.3 Å². The van der Waals surface area contributed by atoms with E-state index < -0.39 is 36.1 Å². The standard InChI is InChI=1S/C24H22F3N7O4/c1-29-22-30-10-14-11-33(23(37)34(12-19(28)35)20(14)32-22)17-7-16(8-18(9-17)38-2)31-21(36)13-4-3-5-15(6-13)24(25,26)27/h3-10H,11-12H2,1-2H3,(H2,28,35)(H,31,36)(H,29,30,32). The van der Waals surface area contributed by atoms with Crippen molar-refractivity contribution in [3.05, 3.63) is 65.4 Å². The highest BCUT2D eigenvalue weighted by Crippen LogP contribution is 2.35. The van der Waals surface area contributed by atoms with Gasteiger partial charge in [0.1, 0.15) is 18.1 Å². The number of amides is 4. The third-order valence-corrected chi connectivity index (χ3v) is 5.57. The number of carbonyl (C=O) groups is 3. The van der Waals surface area contributed by atoms with Gasteiger partial charge >= 0.3 is 12.2 Å². The summed E-state index contributed by atoms with van der Waals surface area (Å²) in [6.07, 6.45) is -3.11. The zero-order valence-corrected chi connectivity index (χ0v) is 20.2. The molecule has 1 aromatic heterocycles. The van der Waals surface area contributed by atoms with Gasteiger partial charge in [0.25, 0.3) is 5.91 Å². The Bertz CT molecular complexity index is 1410. The highest BCUT2D eigenvalue weighted by molar-refractivity contribution is 6.09. The summed E-state index contributed by atoms with van der Waals surface area (Å²) >= 11 is 0. The molecule has 1 aliphatic heterocycles. The van der Waals surface area contributed by atoms with E-state index in [2.05, 4.69) is 20.6 Å². The Hall–Kier alpha value is -4.88. The van der Waals surface area contributed by atoms with Gasteiger partial charge in [-0.25, -0.2) is 9.78 Å². The van der Waals surface area contributed by atoms with Crippen molar-refractivity contribution in [2.45, 2.75) is 12.7 Å². The van der Waals surface area contributed by atoms with Crippen LogP contribution in [0, 0.1) is 0 Å². The number of ether oxygens (including phenoxy) is 1. The molecule has 0 unspecified atom stereocenters. The molecule has 2 aromatic carbocycles. The first-order valence-corrected chi connectivity index (χ1v) is 11.1. The van der Waals surface area contributed by atoms with E-state index in [0.29, 0.717) is 5.56 Å². The summed E-state index contributed by atoms with van der Waals surface area (Å²) in [4.78, 5) is 48.8. The smallest absolute Gasteiger partial charge is 0.416 e. The number of rotatable bonds is 7. The molecule has 0 spiro atoms. The number of carbonyl (C=O) groups excluding carboxylic acids is 3. The Labute approximate surface area is 214 Å². The first-order chi connectivity index (χ1) is 18.0. The van der Waals surface area contributed by atoms with E-state index >= 15 is 0 Å². The monoisotopic (exact) mass is 529 g/mol. The number of benzene rings is 2. The van der Waals surface area contributed by atoms with E-state index in [0.717, 1.165) is 23.1 Å². The molecule has 14 heteroatoms. The number of halogens is 3. The fraction of sp³-hybridized carbons (Fsp3) is 0.208. The van der Waals surface area contributed by atoms with Gasteiger partial charge in [-0.15, -0.1) is 0 Å². The Kier molecular flexibility index (Phi) is 7.06. The van der Waals surface area contributed by atoms with Crippen molar-refractivity contribution in [2.24, 2.45) is 5.73 Å². The molecule has 4 amide bonds. The summed E-state index contributed by atoms with van der Waals surface area (Å²) in [6, 6.07) is 7.77. The Morgan fingerprint density at radius 2 is 1.95 bits per heavy atom. The normalized spacial score (nSPS) is 13.1. The van der Waals surface area contributed by atoms with E-state index in [1.54, 1.807) is 7.05 Å². The van der Waals surface area contributed by atoms with Crippen LogP contribution in [0.25, 0.3) is 0 Å². The highest BCUT2D eigenvalue weighted by atomic mass is 19.4. The van der Waals surface area contributed by atoms with Gasteiger partial charge < -0.3 is 21.1 Å². The summed E-state index contributed by atoms with van der Waals surface area (Å²) in [7, 11) is 2.97. The molecule has 0 saturated carbocycles. The van der Waals surface area contributed by atoms with Gasteiger partial charge in [-0.1, -0.05) is 6.07 Å². The van der Waals surface area contributed by atoms with Gasteiger partial charge in [-0.2, -0.15) is 18.2 Å². The summed E-state index contributed by atoms with van der Waals surface area (Å²) in [5.41, 5.74) is 5.13. The molecule has 11 nitrogen and oxygen atoms in total. The number of aromatic nitrogens is 2. The van der Waals surface area contributed by atoms with Gasteiger partial charge in [-0.3, -0.25) is 19.4 Å². The number of anilines is 4. The zero-order chi connectivity index (χ0) is 27.6. The zero-order valence-electron chi connectivity index (χ0n) is 20.2. The van der Waals surface area contributed by atoms with E-state index in [1.807, 2.05) is 0 Å². The molecule has 198 valence electrons. The molecule has 2 heterocycles. The molecule has 38 heavy (non-hydrogen) atoms. The molecule has 0 atom stereocenters. The molecule has 0 bridgehead atoms. The van der Waals surface area contributed by atoms with Crippen molar-refractivity contribution >= 4 is 41.0 Å². The molecular weight excluding hydrogens is 507 g/mol. The summed E-state index contributed by atoms with van der Waals surface area (Å²) in [5.74, 6) is -0.862. The number of nitrogens with zero attached hydrogens (tertiary/aromatic N) is 4. The molecule has 4 rings (SSSR count). The number of hydrogen-bond acceptors (Lipinski definition) is 7. The second-order valence-corrected chi connectivity index (χ2v) is 8.17. The number of fused-ring (bicyclic) bond motifs is 1. The number of urea groups is 1. The van der Waals surface area contributed by atoms with Crippen LogP contribution in [0.1, 0.15) is 21.5 Å². The van der Waals surface area contributed by atoms with Crippen LogP contribution in [0.15, 0.2) is 48.7 Å². The predicted molar refractivity (Wildman–Crippen MR) is 132 cm³/mol. The number of nitrogens with two attached hydrogens (primary N) is 1. The van der Waals surface area contributed by atoms with Crippen molar-refractivity contribution in [3.63, 3.8) is 0 Å². The largest absolute Gasteiger partial charge is 0.497 e. The van der Waals surface area contributed by atoms with E-state index in [4.69, 9.17) is 10.5 Å². The second kappa shape index (κ2) is 10.2. The maximum atomic E-state index is 13.4. The lowest BCUT2D eigenvalue weighted by Gasteiger charge is -2.35. The summed E-state index contributed by atoms with van der Waals surface area (Å²) < 4.78 is 44.5.